The Hall–Kier alpha value is -1.70. The van der Waals surface area contributed by atoms with Crippen molar-refractivity contribution >= 4 is 18.7 Å². The molecule has 1 heterocycles. The van der Waals surface area contributed by atoms with Crippen molar-refractivity contribution in [1.29, 1.82) is 0 Å². The van der Waals surface area contributed by atoms with Crippen LogP contribution in [0.5, 0.6) is 5.75 Å². The number of carbonyl (C=O) groups is 2. The molecule has 1 aliphatic heterocycles. The minimum Gasteiger partial charge on any atom is -0.535 e. The summed E-state index contributed by atoms with van der Waals surface area (Å²) in [7, 11) is -1.05. The lowest BCUT2D eigenvalue weighted by molar-refractivity contribution is -0.120. The van der Waals surface area contributed by atoms with Crippen LogP contribution in [0.3, 0.4) is 0 Å². The predicted octanol–water partition coefficient (Wildman–Crippen LogP) is 2.91. The van der Waals surface area contributed by atoms with E-state index in [9.17, 15) is 14.6 Å². The van der Waals surface area contributed by atoms with Gasteiger partial charge in [0.1, 0.15) is 11.5 Å². The SMILES string of the molecule is CC(=O)c1cccc2c1OB(O)[C@@H](CC(=O)CC1CCC(NCC(C)(C)N)CC1)C2. The van der Waals surface area contributed by atoms with Crippen LogP contribution >= 0.6 is 0 Å². The average Bonchev–Trinajstić information content (AvgIpc) is 2.67. The Morgan fingerprint density at radius 2 is 1.93 bits per heavy atom. The second-order valence-electron chi connectivity index (χ2n) is 9.86. The molecule has 164 valence electrons. The number of rotatable bonds is 8. The molecule has 0 bridgehead atoms. The van der Waals surface area contributed by atoms with Gasteiger partial charge in [-0.15, -0.1) is 0 Å². The van der Waals surface area contributed by atoms with Gasteiger partial charge in [-0.2, -0.15) is 0 Å². The van der Waals surface area contributed by atoms with Crippen LogP contribution in [0.2, 0.25) is 5.82 Å². The summed E-state index contributed by atoms with van der Waals surface area (Å²) in [5.74, 6) is 0.714. The summed E-state index contributed by atoms with van der Waals surface area (Å²) in [6, 6.07) is 5.93. The van der Waals surface area contributed by atoms with Gasteiger partial charge in [-0.25, -0.2) is 0 Å². The van der Waals surface area contributed by atoms with Crippen molar-refractivity contribution in [2.45, 2.75) is 83.1 Å². The molecule has 4 N–H and O–H groups in total. The van der Waals surface area contributed by atoms with Crippen molar-refractivity contribution in [3.05, 3.63) is 29.3 Å². The quantitative estimate of drug-likeness (QED) is 0.447. The molecule has 0 spiro atoms. The van der Waals surface area contributed by atoms with E-state index in [1.54, 1.807) is 6.07 Å². The van der Waals surface area contributed by atoms with Crippen molar-refractivity contribution in [2.75, 3.05) is 6.54 Å². The highest BCUT2D eigenvalue weighted by Gasteiger charge is 2.37. The minimum absolute atomic E-state index is 0.0892. The lowest BCUT2D eigenvalue weighted by atomic mass is 9.64. The van der Waals surface area contributed by atoms with Gasteiger partial charge in [0, 0.05) is 36.8 Å². The molecule has 1 aliphatic carbocycles. The van der Waals surface area contributed by atoms with Gasteiger partial charge in [0.15, 0.2) is 5.78 Å². The Morgan fingerprint density at radius 3 is 2.57 bits per heavy atom. The fourth-order valence-electron chi connectivity index (χ4n) is 4.61. The Morgan fingerprint density at radius 1 is 1.23 bits per heavy atom. The summed E-state index contributed by atoms with van der Waals surface area (Å²) in [5, 5.41) is 14.0. The topological polar surface area (TPSA) is 102 Å². The molecule has 3 rings (SSSR count). The highest BCUT2D eigenvalue weighted by molar-refractivity contribution is 6.47. The molecule has 0 amide bonds. The summed E-state index contributed by atoms with van der Waals surface area (Å²) in [6.07, 6.45) is 5.67. The first-order valence-electron chi connectivity index (χ1n) is 11.1. The molecule has 1 atom stereocenters. The van der Waals surface area contributed by atoms with Crippen molar-refractivity contribution < 1.29 is 19.3 Å². The zero-order valence-corrected chi connectivity index (χ0v) is 18.4. The highest BCUT2D eigenvalue weighted by atomic mass is 16.5. The number of para-hydroxylation sites is 1. The number of nitrogens with two attached hydrogens (primary N) is 1. The Kier molecular flexibility index (Phi) is 7.37. The Bertz CT molecular complexity index is 769. The van der Waals surface area contributed by atoms with E-state index in [1.807, 2.05) is 26.0 Å². The number of carbonyl (C=O) groups excluding carboxylic acids is 2. The van der Waals surface area contributed by atoms with Crippen molar-refractivity contribution in [3.63, 3.8) is 0 Å². The minimum atomic E-state index is -1.05. The molecule has 7 heteroatoms. The molecule has 0 saturated heterocycles. The smallest absolute Gasteiger partial charge is 0.526 e. The van der Waals surface area contributed by atoms with E-state index in [-0.39, 0.29) is 22.9 Å². The molecule has 6 nitrogen and oxygen atoms in total. The molecule has 0 radical (unpaired) electrons. The number of nitrogens with one attached hydrogen (secondary N) is 1. The fourth-order valence-corrected chi connectivity index (χ4v) is 4.61. The summed E-state index contributed by atoms with van der Waals surface area (Å²) < 4.78 is 5.66. The van der Waals surface area contributed by atoms with Gasteiger partial charge in [-0.3, -0.25) is 9.59 Å². The van der Waals surface area contributed by atoms with Gasteiger partial charge in [0.2, 0.25) is 0 Å². The number of ketones is 2. The Labute approximate surface area is 180 Å². The van der Waals surface area contributed by atoms with E-state index in [0.717, 1.165) is 37.8 Å². The van der Waals surface area contributed by atoms with E-state index in [0.29, 0.717) is 42.5 Å². The monoisotopic (exact) mass is 414 g/mol. The maximum Gasteiger partial charge on any atom is 0.526 e. The van der Waals surface area contributed by atoms with Gasteiger partial charge >= 0.3 is 7.12 Å². The first kappa shape index (κ1) is 23.0. The lowest BCUT2D eigenvalue weighted by Gasteiger charge is -2.32. The largest absolute Gasteiger partial charge is 0.535 e. The van der Waals surface area contributed by atoms with Crippen LogP contribution in [-0.2, 0) is 11.2 Å². The predicted molar refractivity (Wildman–Crippen MR) is 119 cm³/mol. The fraction of sp³-hybridized carbons (Fsp3) is 0.652. The zero-order valence-electron chi connectivity index (χ0n) is 18.4. The van der Waals surface area contributed by atoms with Crippen LogP contribution in [0.4, 0.5) is 0 Å². The van der Waals surface area contributed by atoms with Gasteiger partial charge in [-0.1, -0.05) is 12.1 Å². The maximum atomic E-state index is 12.7. The third-order valence-electron chi connectivity index (χ3n) is 6.30. The van der Waals surface area contributed by atoms with Crippen LogP contribution in [0.15, 0.2) is 18.2 Å². The average molecular weight is 414 g/mol. The van der Waals surface area contributed by atoms with Crippen LogP contribution in [0.25, 0.3) is 0 Å². The standard InChI is InChI=1S/C23H35BN2O4/c1-15(27)21-6-4-5-17-12-18(24(29)30-22(17)21)13-20(28)11-16-7-9-19(10-8-16)26-14-23(2,3)25/h4-6,16,18-19,26,29H,7-14,25H2,1-3H3/t16?,18-,19?/m1/s1. The summed E-state index contributed by atoms with van der Waals surface area (Å²) in [5.41, 5.74) is 7.21. The molecule has 2 aliphatic rings. The molecular formula is C23H35BN2O4. The van der Waals surface area contributed by atoms with E-state index >= 15 is 0 Å². The van der Waals surface area contributed by atoms with Crippen LogP contribution < -0.4 is 15.7 Å². The number of benzene rings is 1. The third-order valence-corrected chi connectivity index (χ3v) is 6.30. The second kappa shape index (κ2) is 9.63. The molecule has 1 saturated carbocycles. The van der Waals surface area contributed by atoms with Crippen LogP contribution in [-0.4, -0.2) is 41.8 Å². The summed E-state index contributed by atoms with van der Waals surface area (Å²) in [4.78, 5) is 24.5. The summed E-state index contributed by atoms with van der Waals surface area (Å²) in [6.45, 7) is 6.33. The lowest BCUT2D eigenvalue weighted by Crippen LogP contribution is -2.47. The molecule has 30 heavy (non-hydrogen) atoms. The van der Waals surface area contributed by atoms with E-state index in [4.69, 9.17) is 10.4 Å². The maximum absolute atomic E-state index is 12.7. The van der Waals surface area contributed by atoms with Gasteiger partial charge in [0.25, 0.3) is 0 Å². The van der Waals surface area contributed by atoms with Crippen LogP contribution in [0.1, 0.15) is 75.2 Å². The first-order chi connectivity index (χ1) is 14.1. The van der Waals surface area contributed by atoms with Gasteiger partial charge < -0.3 is 20.7 Å². The number of Topliss-reactive ketones (excluding diaryl/α,β-unsaturated/α-hetero) is 2. The van der Waals surface area contributed by atoms with Crippen molar-refractivity contribution in [1.82, 2.24) is 5.32 Å². The molecule has 1 aromatic rings. The number of hydrogen-bond donors (Lipinski definition) is 3. The van der Waals surface area contributed by atoms with Crippen molar-refractivity contribution in [2.24, 2.45) is 11.7 Å². The number of fused-ring (bicyclic) bond motifs is 1. The molecule has 0 unspecified atom stereocenters. The van der Waals surface area contributed by atoms with E-state index < -0.39 is 7.12 Å². The highest BCUT2D eigenvalue weighted by Crippen LogP contribution is 2.37. The van der Waals surface area contributed by atoms with E-state index in [1.165, 1.54) is 6.92 Å². The van der Waals surface area contributed by atoms with Gasteiger partial charge in [0.05, 0.1) is 5.56 Å². The zero-order chi connectivity index (χ0) is 21.9. The van der Waals surface area contributed by atoms with E-state index in [2.05, 4.69) is 5.32 Å². The third kappa shape index (κ3) is 6.16. The number of hydrogen-bond acceptors (Lipinski definition) is 6. The normalized spacial score (nSPS) is 24.2. The van der Waals surface area contributed by atoms with Crippen LogP contribution in [0, 0.1) is 5.92 Å². The molecule has 1 aromatic carbocycles. The molecular weight excluding hydrogens is 379 g/mol. The van der Waals surface area contributed by atoms with Crippen molar-refractivity contribution in [3.8, 4) is 5.75 Å². The Balaban J connectivity index is 1.48. The summed E-state index contributed by atoms with van der Waals surface area (Å²) >= 11 is 0. The first-order valence-corrected chi connectivity index (χ1v) is 11.1. The second-order valence-corrected chi connectivity index (χ2v) is 9.86. The van der Waals surface area contributed by atoms with Gasteiger partial charge in [-0.05, 0) is 70.4 Å². The molecule has 1 fully saturated rings. The molecule has 0 aromatic heterocycles.